The van der Waals surface area contributed by atoms with E-state index in [0.29, 0.717) is 11.6 Å². The predicted molar refractivity (Wildman–Crippen MR) is 137 cm³/mol. The summed E-state index contributed by atoms with van der Waals surface area (Å²) in [7, 11) is 1.58. The van der Waals surface area contributed by atoms with Crippen LogP contribution in [-0.2, 0) is 13.6 Å². The van der Waals surface area contributed by atoms with Gasteiger partial charge in [-0.1, -0.05) is 32.9 Å². The molecule has 0 amide bonds. The number of benzene rings is 1. The first kappa shape index (κ1) is 25.0. The lowest BCUT2D eigenvalue weighted by Gasteiger charge is -2.35. The molecule has 10 heteroatoms. The first-order chi connectivity index (χ1) is 16.7. The number of imidazole rings is 1. The number of ether oxygens (including phenoxy) is 1. The maximum atomic E-state index is 12.8. The number of fused-ring (bicyclic) bond motifs is 1. The molecule has 1 aromatic carbocycles. The summed E-state index contributed by atoms with van der Waals surface area (Å²) in [6, 6.07) is 6.09. The maximum Gasteiger partial charge on any atom is 0.329 e. The number of nitrogens with one attached hydrogen (secondary N) is 1. The van der Waals surface area contributed by atoms with E-state index in [1.165, 1.54) is 4.57 Å². The van der Waals surface area contributed by atoms with Crippen molar-refractivity contribution >= 4 is 17.1 Å². The Labute approximate surface area is 204 Å². The van der Waals surface area contributed by atoms with Crippen LogP contribution in [0.5, 0.6) is 5.75 Å². The number of hydrogen-bond acceptors (Lipinski definition) is 7. The van der Waals surface area contributed by atoms with Gasteiger partial charge in [0.1, 0.15) is 18.5 Å². The van der Waals surface area contributed by atoms with E-state index in [0.717, 1.165) is 49.6 Å². The fraction of sp³-hybridized carbons (Fsp3) is 0.560. The molecule has 2 aromatic heterocycles. The molecule has 2 N–H and O–H groups in total. The highest BCUT2D eigenvalue weighted by Crippen LogP contribution is 2.28. The van der Waals surface area contributed by atoms with Gasteiger partial charge < -0.3 is 24.2 Å². The van der Waals surface area contributed by atoms with Gasteiger partial charge in [0, 0.05) is 33.2 Å². The summed E-state index contributed by atoms with van der Waals surface area (Å²) in [6.07, 6.45) is -0.889. The van der Waals surface area contributed by atoms with Crippen molar-refractivity contribution < 1.29 is 9.84 Å². The number of aliphatic hydroxyl groups excluding tert-OH is 1. The number of aryl methyl sites for hydroxylation is 2. The Morgan fingerprint density at radius 2 is 1.89 bits per heavy atom. The Morgan fingerprint density at radius 3 is 2.54 bits per heavy atom. The van der Waals surface area contributed by atoms with E-state index in [-0.39, 0.29) is 24.6 Å². The minimum absolute atomic E-state index is 0.0650. The van der Waals surface area contributed by atoms with Crippen LogP contribution in [0.2, 0.25) is 0 Å². The smallest absolute Gasteiger partial charge is 0.329 e. The van der Waals surface area contributed by atoms with Crippen LogP contribution in [0, 0.1) is 6.92 Å². The van der Waals surface area contributed by atoms with E-state index in [1.54, 1.807) is 11.6 Å². The molecule has 3 heterocycles. The third-order valence-corrected chi connectivity index (χ3v) is 6.70. The summed E-state index contributed by atoms with van der Waals surface area (Å²) in [5, 5.41) is 11.0. The van der Waals surface area contributed by atoms with Gasteiger partial charge in [-0.2, -0.15) is 4.98 Å². The van der Waals surface area contributed by atoms with E-state index in [2.05, 4.69) is 47.7 Å². The first-order valence-corrected chi connectivity index (χ1v) is 12.3. The minimum atomic E-state index is -0.889. The largest absolute Gasteiger partial charge is 0.491 e. The van der Waals surface area contributed by atoms with E-state index in [4.69, 9.17) is 9.72 Å². The zero-order chi connectivity index (χ0) is 25.3. The van der Waals surface area contributed by atoms with Crippen molar-refractivity contribution in [3.8, 4) is 5.75 Å². The molecular formula is C25H36N6O4. The van der Waals surface area contributed by atoms with Crippen molar-refractivity contribution in [1.29, 1.82) is 0 Å². The Bertz CT molecular complexity index is 1300. The van der Waals surface area contributed by atoms with Gasteiger partial charge in [0.05, 0.1) is 6.54 Å². The number of hydrogen-bond donors (Lipinski definition) is 2. The highest BCUT2D eigenvalue weighted by molar-refractivity contribution is 5.74. The lowest BCUT2D eigenvalue weighted by molar-refractivity contribution is 0.0929. The number of aromatic amines is 1. The third-order valence-electron chi connectivity index (χ3n) is 6.70. The Balaban J connectivity index is 1.64. The molecule has 1 atom stereocenters. The van der Waals surface area contributed by atoms with Gasteiger partial charge in [-0.3, -0.25) is 14.3 Å². The SMILES string of the molecule is CCN1CCN(c2nc3c(c(=O)[nH]c(=O)n3C)n2CC(O)COc2cc(C)ccc2C(C)C)CC1. The Kier molecular flexibility index (Phi) is 7.32. The van der Waals surface area contributed by atoms with Crippen LogP contribution in [0.25, 0.3) is 11.2 Å². The van der Waals surface area contributed by atoms with Crippen molar-refractivity contribution in [2.24, 2.45) is 7.05 Å². The maximum absolute atomic E-state index is 12.8. The van der Waals surface area contributed by atoms with Crippen molar-refractivity contribution in [2.75, 3.05) is 44.2 Å². The molecule has 190 valence electrons. The topological polar surface area (TPSA) is 109 Å². The molecule has 0 spiro atoms. The number of anilines is 1. The molecule has 1 unspecified atom stereocenters. The summed E-state index contributed by atoms with van der Waals surface area (Å²) >= 11 is 0. The third kappa shape index (κ3) is 5.13. The lowest BCUT2D eigenvalue weighted by atomic mass is 10.0. The molecule has 4 rings (SSSR count). The quantitative estimate of drug-likeness (QED) is 0.498. The van der Waals surface area contributed by atoms with E-state index < -0.39 is 17.4 Å². The molecule has 0 radical (unpaired) electrons. The molecule has 0 bridgehead atoms. The second-order valence-electron chi connectivity index (χ2n) is 9.60. The molecular weight excluding hydrogens is 448 g/mol. The number of H-pyrrole nitrogens is 1. The summed E-state index contributed by atoms with van der Waals surface area (Å²) in [6.45, 7) is 12.8. The predicted octanol–water partition coefficient (Wildman–Crippen LogP) is 1.44. The van der Waals surface area contributed by atoms with Crippen LogP contribution >= 0.6 is 0 Å². The van der Waals surface area contributed by atoms with E-state index in [1.807, 2.05) is 13.0 Å². The number of aliphatic hydroxyl groups is 1. The van der Waals surface area contributed by atoms with Gasteiger partial charge in [0.25, 0.3) is 5.56 Å². The van der Waals surface area contributed by atoms with Gasteiger partial charge in [0.15, 0.2) is 11.2 Å². The minimum Gasteiger partial charge on any atom is -0.491 e. The first-order valence-electron chi connectivity index (χ1n) is 12.3. The summed E-state index contributed by atoms with van der Waals surface area (Å²) in [4.78, 5) is 36.5. The van der Waals surface area contributed by atoms with E-state index >= 15 is 0 Å². The number of rotatable bonds is 8. The van der Waals surface area contributed by atoms with Crippen LogP contribution in [0.3, 0.4) is 0 Å². The van der Waals surface area contributed by atoms with E-state index in [9.17, 15) is 14.7 Å². The fourth-order valence-corrected chi connectivity index (χ4v) is 4.59. The number of aromatic nitrogens is 4. The second-order valence-corrected chi connectivity index (χ2v) is 9.60. The van der Waals surface area contributed by atoms with Crippen LogP contribution in [0.15, 0.2) is 27.8 Å². The Hall–Kier alpha value is -3.11. The molecule has 35 heavy (non-hydrogen) atoms. The van der Waals surface area contributed by atoms with Gasteiger partial charge in [-0.15, -0.1) is 0 Å². The lowest BCUT2D eigenvalue weighted by Crippen LogP contribution is -2.47. The van der Waals surface area contributed by atoms with Crippen molar-refractivity contribution in [2.45, 2.75) is 46.3 Å². The molecule has 1 aliphatic rings. The molecule has 10 nitrogen and oxygen atoms in total. The average Bonchev–Trinajstić information content (AvgIpc) is 3.21. The van der Waals surface area contributed by atoms with Crippen LogP contribution in [0.1, 0.15) is 37.8 Å². The van der Waals surface area contributed by atoms with Crippen molar-refractivity contribution in [3.05, 3.63) is 50.2 Å². The molecule has 1 saturated heterocycles. The Morgan fingerprint density at radius 1 is 1.17 bits per heavy atom. The summed E-state index contributed by atoms with van der Waals surface area (Å²) in [5.41, 5.74) is 1.72. The number of piperazine rings is 1. The number of likely N-dealkylation sites (N-methyl/N-ethyl adjacent to an activating group) is 1. The van der Waals surface area contributed by atoms with Gasteiger partial charge in [0.2, 0.25) is 5.95 Å². The fourth-order valence-electron chi connectivity index (χ4n) is 4.59. The highest BCUT2D eigenvalue weighted by Gasteiger charge is 2.26. The highest BCUT2D eigenvalue weighted by atomic mass is 16.5. The molecule has 0 aliphatic carbocycles. The van der Waals surface area contributed by atoms with Crippen LogP contribution < -0.4 is 20.9 Å². The number of nitrogens with zero attached hydrogens (tertiary/aromatic N) is 5. The summed E-state index contributed by atoms with van der Waals surface area (Å²) < 4.78 is 9.11. The molecule has 3 aromatic rings. The van der Waals surface area contributed by atoms with Crippen molar-refractivity contribution in [1.82, 2.24) is 24.0 Å². The van der Waals surface area contributed by atoms with Gasteiger partial charge >= 0.3 is 5.69 Å². The molecule has 1 fully saturated rings. The summed E-state index contributed by atoms with van der Waals surface area (Å²) in [5.74, 6) is 1.62. The zero-order valence-electron chi connectivity index (χ0n) is 21.2. The van der Waals surface area contributed by atoms with Crippen LogP contribution in [-0.4, -0.2) is 74.5 Å². The van der Waals surface area contributed by atoms with Gasteiger partial charge in [-0.25, -0.2) is 4.79 Å². The molecule has 0 saturated carbocycles. The van der Waals surface area contributed by atoms with Gasteiger partial charge in [-0.05, 0) is 36.6 Å². The van der Waals surface area contributed by atoms with Crippen molar-refractivity contribution in [3.63, 3.8) is 0 Å². The monoisotopic (exact) mass is 484 g/mol. The second kappa shape index (κ2) is 10.2. The normalized spacial score (nSPS) is 15.8. The standard InChI is InChI=1S/C25H36N6O4/c1-6-29-9-11-30(12-10-29)24-26-22-21(23(33)27-25(34)28(22)5)31(24)14-18(32)15-35-20-13-17(4)7-8-19(20)16(2)3/h7-8,13,16,18,32H,6,9-12,14-15H2,1-5H3,(H,27,33,34). The molecule has 1 aliphatic heterocycles. The average molecular weight is 485 g/mol. The zero-order valence-corrected chi connectivity index (χ0v) is 21.2. The van der Waals surface area contributed by atoms with Crippen LogP contribution in [0.4, 0.5) is 5.95 Å².